The summed E-state index contributed by atoms with van der Waals surface area (Å²) in [6, 6.07) is 4.29. The van der Waals surface area contributed by atoms with Gasteiger partial charge in [-0.25, -0.2) is 4.79 Å². The van der Waals surface area contributed by atoms with Gasteiger partial charge in [-0.2, -0.15) is 0 Å². The normalized spacial score (nSPS) is 11.9. The molecule has 1 rings (SSSR count). The van der Waals surface area contributed by atoms with Gasteiger partial charge in [-0.1, -0.05) is 6.07 Å². The lowest BCUT2D eigenvalue weighted by molar-refractivity contribution is -0.386. The summed E-state index contributed by atoms with van der Waals surface area (Å²) in [6.07, 6.45) is -2.40. The molecule has 17 heavy (non-hydrogen) atoms. The molecular formula is C10H12N2O5. The number of carboxylic acid groups (broad SMARTS) is 1. The van der Waals surface area contributed by atoms with E-state index in [4.69, 9.17) is 10.8 Å². The van der Waals surface area contributed by atoms with Crippen LogP contribution < -0.4 is 5.73 Å². The van der Waals surface area contributed by atoms with Crippen molar-refractivity contribution < 1.29 is 19.6 Å². The summed E-state index contributed by atoms with van der Waals surface area (Å²) in [5, 5.41) is 19.3. The maximum Gasteiger partial charge on any atom is 0.506 e. The minimum Gasteiger partial charge on any atom is -0.450 e. The average Bonchev–Trinajstić information content (AvgIpc) is 2.27. The Morgan fingerprint density at radius 3 is 2.76 bits per heavy atom. The molecule has 0 fully saturated rings. The number of hydrogen-bond donors (Lipinski definition) is 2. The van der Waals surface area contributed by atoms with Gasteiger partial charge in [-0.3, -0.25) is 10.1 Å². The molecule has 0 aliphatic carbocycles. The Bertz CT molecular complexity index is 446. The molecule has 1 aromatic carbocycles. The number of benzene rings is 1. The molecule has 0 aliphatic rings. The highest BCUT2D eigenvalue weighted by molar-refractivity contribution is 5.58. The highest BCUT2D eigenvalue weighted by Gasteiger charge is 2.21. The van der Waals surface area contributed by atoms with Gasteiger partial charge in [0.25, 0.3) is 5.69 Å². The number of nitrogens with two attached hydrogens (primary N) is 1. The van der Waals surface area contributed by atoms with Crippen LogP contribution in [0.15, 0.2) is 18.2 Å². The Labute approximate surface area is 97.0 Å². The topological polar surface area (TPSA) is 116 Å². The maximum absolute atomic E-state index is 10.8. The van der Waals surface area contributed by atoms with Crippen molar-refractivity contribution in [2.75, 3.05) is 0 Å². The molecule has 1 aromatic rings. The van der Waals surface area contributed by atoms with Crippen molar-refractivity contribution in [3.63, 3.8) is 0 Å². The Morgan fingerprint density at radius 2 is 2.29 bits per heavy atom. The predicted octanol–water partition coefficient (Wildman–Crippen LogP) is 1.81. The quantitative estimate of drug-likeness (QED) is 0.471. The number of hydrogen-bond acceptors (Lipinski definition) is 5. The molecule has 0 amide bonds. The summed E-state index contributed by atoms with van der Waals surface area (Å²) in [5.41, 5.74) is 6.10. The second-order valence-electron chi connectivity index (χ2n) is 3.38. The summed E-state index contributed by atoms with van der Waals surface area (Å²) >= 11 is 0. The number of rotatable bonds is 4. The summed E-state index contributed by atoms with van der Waals surface area (Å²) < 4.78 is 4.50. The van der Waals surface area contributed by atoms with E-state index in [1.165, 1.54) is 25.1 Å². The largest absolute Gasteiger partial charge is 0.506 e. The third-order valence-corrected chi connectivity index (χ3v) is 2.24. The van der Waals surface area contributed by atoms with Crippen LogP contribution in [0.25, 0.3) is 0 Å². The highest BCUT2D eigenvalue weighted by atomic mass is 16.7. The molecule has 0 radical (unpaired) electrons. The van der Waals surface area contributed by atoms with Crippen LogP contribution in [0, 0.1) is 10.1 Å². The third-order valence-electron chi connectivity index (χ3n) is 2.24. The van der Waals surface area contributed by atoms with Crippen molar-refractivity contribution in [1.29, 1.82) is 0 Å². The minimum atomic E-state index is -1.48. The van der Waals surface area contributed by atoms with E-state index < -0.39 is 17.2 Å². The van der Waals surface area contributed by atoms with E-state index in [9.17, 15) is 14.9 Å². The first-order valence-corrected chi connectivity index (χ1v) is 4.82. The van der Waals surface area contributed by atoms with Gasteiger partial charge in [-0.05, 0) is 18.6 Å². The molecule has 0 saturated carbocycles. The first-order chi connectivity index (χ1) is 7.95. The number of nitro groups is 1. The lowest BCUT2D eigenvalue weighted by atomic mass is 10.0. The van der Waals surface area contributed by atoms with Gasteiger partial charge in [-0.15, -0.1) is 0 Å². The van der Waals surface area contributed by atoms with Crippen LogP contribution in [-0.2, 0) is 11.3 Å². The van der Waals surface area contributed by atoms with Gasteiger partial charge in [0.1, 0.15) is 6.10 Å². The molecule has 0 spiro atoms. The second kappa shape index (κ2) is 5.26. The highest BCUT2D eigenvalue weighted by Crippen LogP contribution is 2.28. The van der Waals surface area contributed by atoms with Gasteiger partial charge >= 0.3 is 6.16 Å². The third kappa shape index (κ3) is 3.15. The van der Waals surface area contributed by atoms with Crippen molar-refractivity contribution in [1.82, 2.24) is 0 Å². The Hall–Kier alpha value is -2.15. The molecule has 1 atom stereocenters. The molecule has 7 nitrogen and oxygen atoms in total. The van der Waals surface area contributed by atoms with E-state index in [0.29, 0.717) is 5.56 Å². The van der Waals surface area contributed by atoms with Crippen molar-refractivity contribution in [3.05, 3.63) is 39.4 Å². The monoisotopic (exact) mass is 240 g/mol. The van der Waals surface area contributed by atoms with E-state index >= 15 is 0 Å². The smallest absolute Gasteiger partial charge is 0.450 e. The number of carbonyl (C=O) groups is 1. The van der Waals surface area contributed by atoms with Gasteiger partial charge < -0.3 is 15.6 Å². The van der Waals surface area contributed by atoms with Crippen LogP contribution in [0.2, 0.25) is 0 Å². The first-order valence-electron chi connectivity index (χ1n) is 4.82. The molecule has 0 bridgehead atoms. The first kappa shape index (κ1) is 12.9. The number of ether oxygens (including phenoxy) is 1. The fourth-order valence-electron chi connectivity index (χ4n) is 1.44. The lowest BCUT2D eigenvalue weighted by Gasteiger charge is -2.12. The average molecular weight is 240 g/mol. The predicted molar refractivity (Wildman–Crippen MR) is 58.5 cm³/mol. The summed E-state index contributed by atoms with van der Waals surface area (Å²) in [5.74, 6) is 0. The number of nitrogens with zero attached hydrogens (tertiary/aromatic N) is 1. The van der Waals surface area contributed by atoms with Crippen molar-refractivity contribution >= 4 is 11.8 Å². The van der Waals surface area contributed by atoms with Gasteiger partial charge in [0.05, 0.1) is 10.5 Å². The van der Waals surface area contributed by atoms with Gasteiger partial charge in [0.2, 0.25) is 0 Å². The van der Waals surface area contributed by atoms with Crippen molar-refractivity contribution in [2.45, 2.75) is 19.6 Å². The van der Waals surface area contributed by atoms with E-state index in [1.54, 1.807) is 0 Å². The SMILES string of the molecule is CC(OC(=O)O)c1cc(CN)ccc1[N+](=O)[O-]. The molecule has 92 valence electrons. The zero-order valence-electron chi connectivity index (χ0n) is 9.12. The molecule has 0 heterocycles. The summed E-state index contributed by atoms with van der Waals surface area (Å²) in [6.45, 7) is 1.64. The molecule has 7 heteroatoms. The number of nitro benzene ring substituents is 1. The fourth-order valence-corrected chi connectivity index (χ4v) is 1.44. The Kier molecular flexibility index (Phi) is 4.00. The van der Waals surface area contributed by atoms with E-state index in [2.05, 4.69) is 4.74 Å². The molecule has 0 saturated heterocycles. The fraction of sp³-hybridized carbons (Fsp3) is 0.300. The molecule has 3 N–H and O–H groups in total. The summed E-state index contributed by atoms with van der Waals surface area (Å²) in [7, 11) is 0. The lowest BCUT2D eigenvalue weighted by Crippen LogP contribution is -2.09. The van der Waals surface area contributed by atoms with Crippen LogP contribution in [0.3, 0.4) is 0 Å². The molecule has 1 unspecified atom stereocenters. The Balaban J connectivity index is 3.16. The standard InChI is InChI=1S/C10H12N2O5/c1-6(17-10(13)14)8-4-7(5-11)2-3-9(8)12(15)16/h2-4,6H,5,11H2,1H3,(H,13,14). The van der Waals surface area contributed by atoms with Crippen LogP contribution in [-0.4, -0.2) is 16.2 Å². The second-order valence-corrected chi connectivity index (χ2v) is 3.38. The van der Waals surface area contributed by atoms with E-state index in [-0.39, 0.29) is 17.8 Å². The van der Waals surface area contributed by atoms with Gasteiger partial charge in [0, 0.05) is 12.6 Å². The maximum atomic E-state index is 10.8. The van der Waals surface area contributed by atoms with Crippen LogP contribution in [0.4, 0.5) is 10.5 Å². The summed E-state index contributed by atoms with van der Waals surface area (Å²) in [4.78, 5) is 20.6. The zero-order valence-corrected chi connectivity index (χ0v) is 9.12. The molecular weight excluding hydrogens is 228 g/mol. The Morgan fingerprint density at radius 1 is 1.65 bits per heavy atom. The van der Waals surface area contributed by atoms with Crippen LogP contribution in [0.5, 0.6) is 0 Å². The van der Waals surface area contributed by atoms with Gasteiger partial charge in [0.15, 0.2) is 0 Å². The molecule has 0 aliphatic heterocycles. The van der Waals surface area contributed by atoms with Crippen molar-refractivity contribution in [2.24, 2.45) is 5.73 Å². The van der Waals surface area contributed by atoms with E-state index in [1.807, 2.05) is 0 Å². The minimum absolute atomic E-state index is 0.184. The van der Waals surface area contributed by atoms with Crippen LogP contribution >= 0.6 is 0 Å². The van der Waals surface area contributed by atoms with E-state index in [0.717, 1.165) is 0 Å². The zero-order chi connectivity index (χ0) is 13.0. The van der Waals surface area contributed by atoms with Crippen molar-refractivity contribution in [3.8, 4) is 0 Å². The van der Waals surface area contributed by atoms with Crippen LogP contribution in [0.1, 0.15) is 24.2 Å². The molecule has 0 aromatic heterocycles.